The summed E-state index contributed by atoms with van der Waals surface area (Å²) in [5.74, 6) is 0.909. The van der Waals surface area contributed by atoms with Gasteiger partial charge in [-0.15, -0.1) is 0 Å². The smallest absolute Gasteiger partial charge is 0.293 e. The first-order valence-electron chi connectivity index (χ1n) is 11.6. The Labute approximate surface area is 208 Å². The Morgan fingerprint density at radius 2 is 1.67 bits per heavy atom. The molecule has 192 valence electrons. The van der Waals surface area contributed by atoms with Crippen LogP contribution in [0.15, 0.2) is 47.4 Å². The zero-order chi connectivity index (χ0) is 25.3. The molecule has 12 nitrogen and oxygen atoms in total. The maximum Gasteiger partial charge on any atom is 0.293 e. The summed E-state index contributed by atoms with van der Waals surface area (Å²) in [7, 11) is -3.87. The maximum absolute atomic E-state index is 13.0. The predicted molar refractivity (Wildman–Crippen MR) is 128 cm³/mol. The van der Waals surface area contributed by atoms with Crippen LogP contribution in [0.2, 0.25) is 0 Å². The lowest BCUT2D eigenvalue weighted by atomic mass is 10.2. The summed E-state index contributed by atoms with van der Waals surface area (Å²) in [5, 5.41) is 11.9. The number of benzene rings is 2. The first-order valence-corrected chi connectivity index (χ1v) is 13.1. The molecule has 0 N–H and O–H groups in total. The molecule has 2 aromatic rings. The average molecular weight is 519 g/mol. The number of carbonyl (C=O) groups excluding carboxylic acids is 1. The van der Waals surface area contributed by atoms with Gasteiger partial charge in [-0.1, -0.05) is 12.1 Å². The van der Waals surface area contributed by atoms with Gasteiger partial charge in [-0.05, 0) is 24.3 Å². The minimum Gasteiger partial charge on any atom is -0.485 e. The van der Waals surface area contributed by atoms with Gasteiger partial charge in [0.05, 0.1) is 23.0 Å². The van der Waals surface area contributed by atoms with E-state index in [0.29, 0.717) is 43.4 Å². The van der Waals surface area contributed by atoms with Crippen molar-refractivity contribution in [3.8, 4) is 11.5 Å². The molecular formula is C23H26N4O8S. The van der Waals surface area contributed by atoms with Crippen LogP contribution in [0.5, 0.6) is 11.5 Å². The van der Waals surface area contributed by atoms with Crippen molar-refractivity contribution in [3.63, 3.8) is 0 Å². The third-order valence-electron chi connectivity index (χ3n) is 6.47. The summed E-state index contributed by atoms with van der Waals surface area (Å²) >= 11 is 0. The monoisotopic (exact) mass is 518 g/mol. The SMILES string of the molecule is O=C([C@@H]1COc2ccccc2O1)N1CCN(c2ccc(S(=O)(=O)N3CCOCC3)cc2[N+](=O)[O-])CC1. The molecule has 13 heteroatoms. The Hall–Kier alpha value is -3.42. The van der Waals surface area contributed by atoms with Crippen molar-refractivity contribution in [3.05, 3.63) is 52.6 Å². The number of carbonyl (C=O) groups is 1. The summed E-state index contributed by atoms with van der Waals surface area (Å²) in [6.45, 7) is 2.47. The van der Waals surface area contributed by atoms with Crippen molar-refractivity contribution in [2.45, 2.75) is 11.0 Å². The Kier molecular flexibility index (Phi) is 6.69. The molecule has 0 spiro atoms. The highest BCUT2D eigenvalue weighted by Gasteiger charge is 2.34. The molecule has 3 heterocycles. The number of hydrogen-bond acceptors (Lipinski definition) is 9. The van der Waals surface area contributed by atoms with Crippen LogP contribution < -0.4 is 14.4 Å². The molecular weight excluding hydrogens is 492 g/mol. The molecule has 1 amide bonds. The van der Waals surface area contributed by atoms with Crippen LogP contribution in [0.25, 0.3) is 0 Å². The second kappa shape index (κ2) is 9.91. The molecule has 36 heavy (non-hydrogen) atoms. The molecule has 2 fully saturated rings. The topological polar surface area (TPSA) is 132 Å². The first-order chi connectivity index (χ1) is 17.3. The van der Waals surface area contributed by atoms with Crippen LogP contribution in [0.3, 0.4) is 0 Å². The lowest BCUT2D eigenvalue weighted by Gasteiger charge is -2.38. The van der Waals surface area contributed by atoms with Gasteiger partial charge in [0.25, 0.3) is 11.6 Å². The quantitative estimate of drug-likeness (QED) is 0.422. The lowest BCUT2D eigenvalue weighted by molar-refractivity contribution is -0.384. The Bertz CT molecular complexity index is 1260. The van der Waals surface area contributed by atoms with E-state index in [9.17, 15) is 23.3 Å². The van der Waals surface area contributed by atoms with E-state index in [4.69, 9.17) is 14.2 Å². The Morgan fingerprint density at radius 1 is 0.972 bits per heavy atom. The molecule has 0 aliphatic carbocycles. The molecule has 0 radical (unpaired) electrons. The standard InChI is InChI=1S/C23H26N4O8S/c28-23(22-16-34-20-3-1-2-4-21(20)35-22)25-9-7-24(8-10-25)18-6-5-17(15-19(18)27(29)30)36(31,32)26-11-13-33-14-12-26/h1-6,15,22H,7-14,16H2/t22-/m0/s1. The number of ether oxygens (including phenoxy) is 3. The molecule has 0 bridgehead atoms. The molecule has 2 saturated heterocycles. The summed E-state index contributed by atoms with van der Waals surface area (Å²) in [6, 6.07) is 11.1. The van der Waals surface area contributed by atoms with E-state index in [1.54, 1.807) is 28.0 Å². The molecule has 0 saturated carbocycles. The van der Waals surface area contributed by atoms with Crippen molar-refractivity contribution in [1.82, 2.24) is 9.21 Å². The Morgan fingerprint density at radius 3 is 2.36 bits per heavy atom. The van der Waals surface area contributed by atoms with Gasteiger partial charge in [-0.2, -0.15) is 4.31 Å². The van der Waals surface area contributed by atoms with Gasteiger partial charge >= 0.3 is 0 Å². The number of amides is 1. The second-order valence-electron chi connectivity index (χ2n) is 8.60. The van der Waals surface area contributed by atoms with Crippen LogP contribution in [-0.2, 0) is 19.6 Å². The van der Waals surface area contributed by atoms with Gasteiger partial charge in [-0.3, -0.25) is 14.9 Å². The number of para-hydroxylation sites is 2. The fourth-order valence-corrected chi connectivity index (χ4v) is 5.95. The van der Waals surface area contributed by atoms with Crippen molar-refractivity contribution in [2.24, 2.45) is 0 Å². The summed E-state index contributed by atoms with van der Waals surface area (Å²) < 4.78 is 43.9. The average Bonchev–Trinajstić information content (AvgIpc) is 2.92. The van der Waals surface area contributed by atoms with E-state index in [0.717, 1.165) is 6.07 Å². The number of morpholine rings is 1. The van der Waals surface area contributed by atoms with Gasteiger partial charge in [0.2, 0.25) is 16.1 Å². The fourth-order valence-electron chi connectivity index (χ4n) is 4.53. The number of rotatable bonds is 5. The van der Waals surface area contributed by atoms with Crippen molar-refractivity contribution < 1.29 is 32.3 Å². The zero-order valence-corrected chi connectivity index (χ0v) is 20.3. The van der Waals surface area contributed by atoms with Crippen LogP contribution >= 0.6 is 0 Å². The van der Waals surface area contributed by atoms with Crippen LogP contribution in [0.1, 0.15) is 0 Å². The number of nitrogens with zero attached hydrogens (tertiary/aromatic N) is 4. The highest BCUT2D eigenvalue weighted by molar-refractivity contribution is 7.89. The number of nitro groups is 1. The highest BCUT2D eigenvalue weighted by Crippen LogP contribution is 2.34. The molecule has 3 aliphatic rings. The fraction of sp³-hybridized carbons (Fsp3) is 0.435. The lowest BCUT2D eigenvalue weighted by Crippen LogP contribution is -2.54. The van der Waals surface area contributed by atoms with E-state index in [1.165, 1.54) is 16.4 Å². The summed E-state index contributed by atoms with van der Waals surface area (Å²) in [5.41, 5.74) is 0.0314. The third kappa shape index (κ3) is 4.68. The van der Waals surface area contributed by atoms with Gasteiger partial charge < -0.3 is 24.0 Å². The van der Waals surface area contributed by atoms with Crippen molar-refractivity contribution in [1.29, 1.82) is 0 Å². The largest absolute Gasteiger partial charge is 0.485 e. The minimum absolute atomic E-state index is 0.112. The molecule has 3 aliphatic heterocycles. The second-order valence-corrected chi connectivity index (χ2v) is 10.5. The number of fused-ring (bicyclic) bond motifs is 1. The van der Waals surface area contributed by atoms with E-state index in [-0.39, 0.29) is 49.4 Å². The van der Waals surface area contributed by atoms with Gasteiger partial charge in [0, 0.05) is 45.3 Å². The number of nitro benzene ring substituents is 1. The number of sulfonamides is 1. The molecule has 2 aromatic carbocycles. The Balaban J connectivity index is 1.27. The van der Waals surface area contributed by atoms with Gasteiger partial charge in [-0.25, -0.2) is 8.42 Å². The normalized spacial score (nSPS) is 20.7. The van der Waals surface area contributed by atoms with Gasteiger partial charge in [0.15, 0.2) is 11.5 Å². The van der Waals surface area contributed by atoms with E-state index >= 15 is 0 Å². The van der Waals surface area contributed by atoms with Crippen LogP contribution in [-0.4, -0.2) is 93.6 Å². The predicted octanol–water partition coefficient (Wildman–Crippen LogP) is 1.10. The zero-order valence-electron chi connectivity index (χ0n) is 19.4. The molecule has 0 unspecified atom stereocenters. The van der Waals surface area contributed by atoms with Crippen LogP contribution in [0.4, 0.5) is 11.4 Å². The third-order valence-corrected chi connectivity index (χ3v) is 8.36. The van der Waals surface area contributed by atoms with E-state index < -0.39 is 21.1 Å². The maximum atomic E-state index is 13.0. The summed E-state index contributed by atoms with van der Waals surface area (Å²) in [6.07, 6.45) is -0.759. The number of piperazine rings is 1. The molecule has 5 rings (SSSR count). The minimum atomic E-state index is -3.87. The first kappa shape index (κ1) is 24.3. The summed E-state index contributed by atoms with van der Waals surface area (Å²) in [4.78, 5) is 27.6. The van der Waals surface area contributed by atoms with E-state index in [2.05, 4.69) is 0 Å². The highest BCUT2D eigenvalue weighted by atomic mass is 32.2. The van der Waals surface area contributed by atoms with Crippen molar-refractivity contribution in [2.75, 3.05) is 64.0 Å². The number of hydrogen-bond donors (Lipinski definition) is 0. The number of anilines is 1. The molecule has 0 aromatic heterocycles. The van der Waals surface area contributed by atoms with Gasteiger partial charge in [0.1, 0.15) is 12.3 Å². The van der Waals surface area contributed by atoms with Crippen molar-refractivity contribution >= 4 is 27.3 Å². The van der Waals surface area contributed by atoms with E-state index in [1.807, 2.05) is 6.07 Å². The van der Waals surface area contributed by atoms with Crippen LogP contribution in [0, 0.1) is 10.1 Å². The molecule has 1 atom stereocenters.